The second kappa shape index (κ2) is 7.27. The summed E-state index contributed by atoms with van der Waals surface area (Å²) in [6.45, 7) is 10.3. The molecule has 2 aliphatic carbocycles. The standard InChI is InChI=1S/C11H16O2.C5H8O2/c1-7(2)11(12)13-10-8-3-4-9(10)6-5-8;1-4(2)5(6)7-3/h8-10H,1,3-6H2,2H3;1H2,2-3H3. The van der Waals surface area contributed by atoms with Gasteiger partial charge in [-0.05, 0) is 51.4 Å². The van der Waals surface area contributed by atoms with Gasteiger partial charge in [-0.1, -0.05) is 13.2 Å². The zero-order chi connectivity index (χ0) is 15.3. The van der Waals surface area contributed by atoms with Crippen molar-refractivity contribution in [1.82, 2.24) is 0 Å². The number of hydrogen-bond acceptors (Lipinski definition) is 4. The van der Waals surface area contributed by atoms with E-state index in [1.807, 2.05) is 0 Å². The third kappa shape index (κ3) is 4.22. The van der Waals surface area contributed by atoms with E-state index in [2.05, 4.69) is 17.9 Å². The highest BCUT2D eigenvalue weighted by atomic mass is 16.5. The average Bonchev–Trinajstić information content (AvgIpc) is 2.97. The van der Waals surface area contributed by atoms with Crippen LogP contribution >= 0.6 is 0 Å². The van der Waals surface area contributed by atoms with Crippen LogP contribution in [-0.4, -0.2) is 25.2 Å². The fourth-order valence-corrected chi connectivity index (χ4v) is 2.78. The second-order valence-corrected chi connectivity index (χ2v) is 5.60. The van der Waals surface area contributed by atoms with Crippen LogP contribution in [-0.2, 0) is 19.1 Å². The van der Waals surface area contributed by atoms with Gasteiger partial charge in [-0.2, -0.15) is 0 Å². The first-order valence-electron chi connectivity index (χ1n) is 6.97. The maximum Gasteiger partial charge on any atom is 0.333 e. The van der Waals surface area contributed by atoms with Crippen LogP contribution in [0, 0.1) is 11.8 Å². The van der Waals surface area contributed by atoms with E-state index in [1.54, 1.807) is 13.8 Å². The van der Waals surface area contributed by atoms with Crippen LogP contribution in [0.2, 0.25) is 0 Å². The van der Waals surface area contributed by atoms with Gasteiger partial charge in [0.1, 0.15) is 6.10 Å². The van der Waals surface area contributed by atoms with Crippen LogP contribution < -0.4 is 0 Å². The van der Waals surface area contributed by atoms with Crippen molar-refractivity contribution in [2.75, 3.05) is 7.11 Å². The molecule has 0 aromatic heterocycles. The van der Waals surface area contributed by atoms with Crippen molar-refractivity contribution in [2.45, 2.75) is 45.6 Å². The third-order valence-electron chi connectivity index (χ3n) is 3.87. The van der Waals surface area contributed by atoms with Gasteiger partial charge < -0.3 is 9.47 Å². The summed E-state index contributed by atoms with van der Waals surface area (Å²) >= 11 is 0. The first-order chi connectivity index (χ1) is 9.36. The molecule has 0 radical (unpaired) electrons. The Balaban J connectivity index is 0.000000246. The maximum absolute atomic E-state index is 11.3. The molecular formula is C16H24O4. The Morgan fingerprint density at radius 1 is 0.900 bits per heavy atom. The zero-order valence-corrected chi connectivity index (χ0v) is 12.6. The lowest BCUT2D eigenvalue weighted by Gasteiger charge is -2.16. The second-order valence-electron chi connectivity index (χ2n) is 5.60. The van der Waals surface area contributed by atoms with Gasteiger partial charge in [0.2, 0.25) is 0 Å². The van der Waals surface area contributed by atoms with Crippen LogP contribution in [0.3, 0.4) is 0 Å². The third-order valence-corrected chi connectivity index (χ3v) is 3.87. The van der Waals surface area contributed by atoms with E-state index in [4.69, 9.17) is 4.74 Å². The predicted octanol–water partition coefficient (Wildman–Crippen LogP) is 3.03. The monoisotopic (exact) mass is 280 g/mol. The summed E-state index contributed by atoms with van der Waals surface area (Å²) in [6.07, 6.45) is 5.21. The Morgan fingerprint density at radius 3 is 1.55 bits per heavy atom. The zero-order valence-electron chi connectivity index (χ0n) is 12.6. The largest absolute Gasteiger partial charge is 0.466 e. The van der Waals surface area contributed by atoms with Crippen LogP contribution in [0.25, 0.3) is 0 Å². The summed E-state index contributed by atoms with van der Waals surface area (Å²) in [6, 6.07) is 0. The van der Waals surface area contributed by atoms with Crippen LogP contribution in [0.4, 0.5) is 0 Å². The van der Waals surface area contributed by atoms with Crippen molar-refractivity contribution in [3.8, 4) is 0 Å². The molecule has 0 N–H and O–H groups in total. The molecule has 2 fully saturated rings. The number of methoxy groups -OCH3 is 1. The van der Waals surface area contributed by atoms with E-state index in [0.717, 1.165) is 0 Å². The molecule has 0 unspecified atom stereocenters. The number of fused-ring (bicyclic) bond motifs is 2. The summed E-state index contributed by atoms with van der Waals surface area (Å²) in [5.41, 5.74) is 0.953. The molecule has 0 heterocycles. The van der Waals surface area contributed by atoms with E-state index >= 15 is 0 Å². The quantitative estimate of drug-likeness (QED) is 0.589. The molecule has 2 saturated carbocycles. The van der Waals surface area contributed by atoms with E-state index in [9.17, 15) is 9.59 Å². The molecule has 2 rings (SSSR count). The van der Waals surface area contributed by atoms with Gasteiger partial charge >= 0.3 is 11.9 Å². The first kappa shape index (κ1) is 16.5. The van der Waals surface area contributed by atoms with Crippen LogP contribution in [0.5, 0.6) is 0 Å². The summed E-state index contributed by atoms with van der Waals surface area (Å²) in [7, 11) is 1.33. The SMILES string of the molecule is C=C(C)C(=O)OC.C=C(C)C(=O)OC1C2CCC1CC2. The van der Waals surface area contributed by atoms with E-state index in [-0.39, 0.29) is 18.0 Å². The lowest BCUT2D eigenvalue weighted by atomic mass is 10.0. The Hall–Kier alpha value is -1.58. The topological polar surface area (TPSA) is 52.6 Å². The Labute approximate surface area is 120 Å². The van der Waals surface area contributed by atoms with E-state index < -0.39 is 0 Å². The normalized spacial score (nSPS) is 26.2. The molecule has 0 aromatic carbocycles. The van der Waals surface area contributed by atoms with Crippen LogP contribution in [0.1, 0.15) is 39.5 Å². The Morgan fingerprint density at radius 2 is 1.30 bits per heavy atom. The lowest BCUT2D eigenvalue weighted by molar-refractivity contribution is -0.146. The molecule has 0 amide bonds. The number of esters is 2. The molecule has 0 saturated heterocycles. The van der Waals surface area contributed by atoms with Gasteiger partial charge in [-0.25, -0.2) is 9.59 Å². The van der Waals surface area contributed by atoms with Crippen molar-refractivity contribution >= 4 is 11.9 Å². The fourth-order valence-electron chi connectivity index (χ4n) is 2.78. The molecule has 4 nitrogen and oxygen atoms in total. The van der Waals surface area contributed by atoms with Gasteiger partial charge in [0.15, 0.2) is 0 Å². The molecule has 0 spiro atoms. The lowest BCUT2D eigenvalue weighted by Crippen LogP contribution is -2.22. The molecule has 112 valence electrons. The number of carbonyl (C=O) groups excluding carboxylic acids is 2. The molecule has 2 bridgehead atoms. The van der Waals surface area contributed by atoms with Crippen molar-refractivity contribution in [1.29, 1.82) is 0 Å². The molecule has 0 aromatic rings. The minimum absolute atomic E-state index is 0.205. The van der Waals surface area contributed by atoms with Gasteiger partial charge in [-0.15, -0.1) is 0 Å². The van der Waals surface area contributed by atoms with Gasteiger partial charge in [0.25, 0.3) is 0 Å². The summed E-state index contributed by atoms with van der Waals surface area (Å²) in [4.78, 5) is 21.5. The van der Waals surface area contributed by atoms with Crippen molar-refractivity contribution in [3.63, 3.8) is 0 Å². The number of ether oxygens (including phenoxy) is 2. The summed E-state index contributed by atoms with van der Waals surface area (Å²) < 4.78 is 9.69. The van der Waals surface area contributed by atoms with Gasteiger partial charge in [-0.3, -0.25) is 0 Å². The smallest absolute Gasteiger partial charge is 0.333 e. The van der Waals surface area contributed by atoms with E-state index in [0.29, 0.717) is 23.0 Å². The predicted molar refractivity (Wildman–Crippen MR) is 77.0 cm³/mol. The van der Waals surface area contributed by atoms with Gasteiger partial charge in [0, 0.05) is 11.1 Å². The molecule has 0 aliphatic heterocycles. The summed E-state index contributed by atoms with van der Waals surface area (Å²) in [5, 5.41) is 0. The minimum Gasteiger partial charge on any atom is -0.466 e. The maximum atomic E-state index is 11.3. The minimum atomic E-state index is -0.347. The molecule has 0 atom stereocenters. The highest BCUT2D eigenvalue weighted by molar-refractivity contribution is 5.87. The molecule has 2 aliphatic rings. The highest BCUT2D eigenvalue weighted by Gasteiger charge is 2.44. The number of rotatable bonds is 3. The van der Waals surface area contributed by atoms with Crippen molar-refractivity contribution < 1.29 is 19.1 Å². The number of hydrogen-bond donors (Lipinski definition) is 0. The number of carbonyl (C=O) groups is 2. The molecule has 4 heteroatoms. The molecule has 20 heavy (non-hydrogen) atoms. The van der Waals surface area contributed by atoms with Gasteiger partial charge in [0.05, 0.1) is 7.11 Å². The van der Waals surface area contributed by atoms with Crippen molar-refractivity contribution in [2.24, 2.45) is 11.8 Å². The van der Waals surface area contributed by atoms with Crippen molar-refractivity contribution in [3.05, 3.63) is 24.3 Å². The summed E-state index contributed by atoms with van der Waals surface area (Å²) in [5.74, 6) is 0.741. The van der Waals surface area contributed by atoms with E-state index in [1.165, 1.54) is 32.8 Å². The molecular weight excluding hydrogens is 256 g/mol. The Bertz CT molecular complexity index is 391. The average molecular weight is 280 g/mol. The first-order valence-corrected chi connectivity index (χ1v) is 6.97. The Kier molecular flexibility index (Phi) is 5.99. The highest BCUT2D eigenvalue weighted by Crippen LogP contribution is 2.46. The van der Waals surface area contributed by atoms with Crippen LogP contribution in [0.15, 0.2) is 24.3 Å². The fraction of sp³-hybridized carbons (Fsp3) is 0.625.